The van der Waals surface area contributed by atoms with E-state index in [2.05, 4.69) is 69.5 Å². The molecular weight excluding hydrogens is 260 g/mol. The van der Waals surface area contributed by atoms with Crippen molar-refractivity contribution in [2.45, 2.75) is 20.3 Å². The van der Waals surface area contributed by atoms with E-state index in [0.717, 1.165) is 12.0 Å². The van der Waals surface area contributed by atoms with E-state index in [1.807, 2.05) is 6.08 Å². The van der Waals surface area contributed by atoms with Crippen LogP contribution < -0.4 is 0 Å². The van der Waals surface area contributed by atoms with Crippen LogP contribution in [0.15, 0.2) is 61.2 Å². The second-order valence-electron chi connectivity index (χ2n) is 4.76. The van der Waals surface area contributed by atoms with E-state index in [1.165, 1.54) is 26.1 Å². The highest BCUT2D eigenvalue weighted by Crippen LogP contribution is 2.36. The summed E-state index contributed by atoms with van der Waals surface area (Å²) in [5.74, 6) is 0. The first-order valence-electron chi connectivity index (χ1n) is 6.85. The minimum Gasteiger partial charge on any atom is -0.135 e. The van der Waals surface area contributed by atoms with E-state index < -0.39 is 0 Å². The largest absolute Gasteiger partial charge is 0.135 e. The molecule has 0 radical (unpaired) electrons. The van der Waals surface area contributed by atoms with Gasteiger partial charge in [0.05, 0.1) is 0 Å². The van der Waals surface area contributed by atoms with Crippen molar-refractivity contribution in [3.05, 3.63) is 71.7 Å². The first kappa shape index (κ1) is 14.5. The predicted octanol–water partition coefficient (Wildman–Crippen LogP) is 6.47. The topological polar surface area (TPSA) is 0 Å². The third-order valence-corrected chi connectivity index (χ3v) is 4.47. The molecule has 102 valence electrons. The molecule has 1 heterocycles. The fraction of sp³-hybridized carbons (Fsp3) is 0.158. The Morgan fingerprint density at radius 2 is 2.00 bits per heavy atom. The standard InChI is InChI=1S/C19H20S/c1-5-9-14(3)12-13-15(4)19-16(6-2)17-10-7-8-11-18(17)20-19/h6-13H,2,4-5H2,1,3H3/b13-12-,14-9+. The number of fused-ring (bicyclic) bond motifs is 1. The van der Waals surface area contributed by atoms with Gasteiger partial charge in [0.25, 0.3) is 0 Å². The predicted molar refractivity (Wildman–Crippen MR) is 94.1 cm³/mol. The van der Waals surface area contributed by atoms with Crippen LogP contribution in [0.25, 0.3) is 21.7 Å². The molecule has 0 aliphatic carbocycles. The van der Waals surface area contributed by atoms with Gasteiger partial charge in [-0.05, 0) is 25.0 Å². The number of thiophene rings is 1. The van der Waals surface area contributed by atoms with Crippen molar-refractivity contribution in [2.75, 3.05) is 0 Å². The Morgan fingerprint density at radius 3 is 2.70 bits per heavy atom. The maximum absolute atomic E-state index is 4.21. The van der Waals surface area contributed by atoms with Crippen molar-refractivity contribution in [2.24, 2.45) is 0 Å². The van der Waals surface area contributed by atoms with Crippen LogP contribution in [0.4, 0.5) is 0 Å². The molecule has 2 aromatic rings. The van der Waals surface area contributed by atoms with E-state index in [1.54, 1.807) is 11.3 Å². The van der Waals surface area contributed by atoms with Gasteiger partial charge in [-0.15, -0.1) is 11.3 Å². The van der Waals surface area contributed by atoms with Gasteiger partial charge < -0.3 is 0 Å². The molecule has 0 nitrogen and oxygen atoms in total. The Morgan fingerprint density at radius 1 is 1.25 bits per heavy atom. The molecule has 1 aromatic heterocycles. The van der Waals surface area contributed by atoms with Crippen LogP contribution in [0.3, 0.4) is 0 Å². The Balaban J connectivity index is 2.40. The van der Waals surface area contributed by atoms with Gasteiger partial charge in [-0.3, -0.25) is 0 Å². The lowest BCUT2D eigenvalue weighted by Crippen LogP contribution is -1.78. The van der Waals surface area contributed by atoms with Gasteiger partial charge in [0.1, 0.15) is 0 Å². The van der Waals surface area contributed by atoms with Crippen LogP contribution in [-0.2, 0) is 0 Å². The van der Waals surface area contributed by atoms with E-state index in [0.29, 0.717) is 0 Å². The Kier molecular flexibility index (Phi) is 4.75. The molecule has 0 saturated carbocycles. The van der Waals surface area contributed by atoms with Crippen molar-refractivity contribution in [3.63, 3.8) is 0 Å². The summed E-state index contributed by atoms with van der Waals surface area (Å²) in [5.41, 5.74) is 3.51. The van der Waals surface area contributed by atoms with Crippen molar-refractivity contribution in [1.82, 2.24) is 0 Å². The highest BCUT2D eigenvalue weighted by atomic mass is 32.1. The van der Waals surface area contributed by atoms with Gasteiger partial charge in [-0.2, -0.15) is 0 Å². The second-order valence-corrected chi connectivity index (χ2v) is 5.81. The summed E-state index contributed by atoms with van der Waals surface area (Å²) < 4.78 is 1.28. The second kappa shape index (κ2) is 6.53. The molecule has 0 saturated heterocycles. The van der Waals surface area contributed by atoms with Gasteiger partial charge in [0.15, 0.2) is 0 Å². The van der Waals surface area contributed by atoms with E-state index >= 15 is 0 Å². The van der Waals surface area contributed by atoms with Crippen molar-refractivity contribution < 1.29 is 0 Å². The zero-order valence-corrected chi connectivity index (χ0v) is 13.0. The van der Waals surface area contributed by atoms with Gasteiger partial charge in [0, 0.05) is 20.5 Å². The lowest BCUT2D eigenvalue weighted by Gasteiger charge is -1.99. The minimum atomic E-state index is 1.05. The van der Waals surface area contributed by atoms with Crippen LogP contribution >= 0.6 is 11.3 Å². The molecule has 0 fully saturated rings. The third kappa shape index (κ3) is 3.00. The van der Waals surface area contributed by atoms with E-state index in [4.69, 9.17) is 0 Å². The lowest BCUT2D eigenvalue weighted by molar-refractivity contribution is 1.20. The Bertz CT molecular complexity index is 696. The summed E-state index contributed by atoms with van der Waals surface area (Å²) in [6.07, 6.45) is 9.43. The molecule has 0 aliphatic heterocycles. The van der Waals surface area contributed by atoms with Gasteiger partial charge >= 0.3 is 0 Å². The maximum atomic E-state index is 4.21. The molecule has 0 spiro atoms. The highest BCUT2D eigenvalue weighted by Gasteiger charge is 2.10. The minimum absolute atomic E-state index is 1.05. The SMILES string of the molecule is C=Cc1c(C(=C)/C=C\C(C)=C\CC)sc2ccccc12. The maximum Gasteiger partial charge on any atom is 0.0421 e. The molecule has 2 rings (SSSR count). The summed E-state index contributed by atoms with van der Waals surface area (Å²) >= 11 is 1.78. The normalized spacial score (nSPS) is 12.2. The summed E-state index contributed by atoms with van der Waals surface area (Å²) in [5, 5.41) is 1.26. The number of benzene rings is 1. The molecule has 1 heteroatoms. The number of hydrogen-bond acceptors (Lipinski definition) is 1. The highest BCUT2D eigenvalue weighted by molar-refractivity contribution is 7.20. The van der Waals surface area contributed by atoms with Crippen molar-refractivity contribution in [3.8, 4) is 0 Å². The Hall–Kier alpha value is -1.86. The first-order chi connectivity index (χ1) is 9.67. The van der Waals surface area contributed by atoms with Crippen molar-refractivity contribution in [1.29, 1.82) is 0 Å². The smallest absolute Gasteiger partial charge is 0.0421 e. The molecule has 1 aromatic carbocycles. The Labute approximate surface area is 125 Å². The van der Waals surface area contributed by atoms with E-state index in [9.17, 15) is 0 Å². The molecule has 0 atom stereocenters. The molecule has 0 aliphatic rings. The molecular formula is C19H20S. The zero-order chi connectivity index (χ0) is 14.5. The van der Waals surface area contributed by atoms with Crippen LogP contribution in [-0.4, -0.2) is 0 Å². The summed E-state index contributed by atoms with van der Waals surface area (Å²) in [4.78, 5) is 1.21. The quantitative estimate of drug-likeness (QED) is 0.550. The van der Waals surface area contributed by atoms with Crippen molar-refractivity contribution >= 4 is 33.1 Å². The average Bonchev–Trinajstić information content (AvgIpc) is 2.83. The van der Waals surface area contributed by atoms with Crippen LogP contribution in [0.1, 0.15) is 30.7 Å². The van der Waals surface area contributed by atoms with Crippen LogP contribution in [0, 0.1) is 0 Å². The number of allylic oxidation sites excluding steroid dienone is 5. The fourth-order valence-corrected chi connectivity index (χ4v) is 3.36. The molecule has 0 unspecified atom stereocenters. The summed E-state index contributed by atoms with van der Waals surface area (Å²) in [7, 11) is 0. The summed E-state index contributed by atoms with van der Waals surface area (Å²) in [6.45, 7) is 12.4. The fourth-order valence-electron chi connectivity index (χ4n) is 2.20. The average molecular weight is 280 g/mol. The number of rotatable bonds is 5. The van der Waals surface area contributed by atoms with Gasteiger partial charge in [-0.25, -0.2) is 0 Å². The van der Waals surface area contributed by atoms with Crippen LogP contribution in [0.2, 0.25) is 0 Å². The van der Waals surface area contributed by atoms with E-state index in [-0.39, 0.29) is 0 Å². The first-order valence-corrected chi connectivity index (χ1v) is 7.67. The molecule has 0 N–H and O–H groups in total. The monoisotopic (exact) mass is 280 g/mol. The lowest BCUT2D eigenvalue weighted by atomic mass is 10.1. The molecule has 20 heavy (non-hydrogen) atoms. The molecule has 0 bridgehead atoms. The zero-order valence-electron chi connectivity index (χ0n) is 12.1. The van der Waals surface area contributed by atoms with Gasteiger partial charge in [0.2, 0.25) is 0 Å². The molecule has 0 amide bonds. The summed E-state index contributed by atoms with van der Waals surface area (Å²) in [6, 6.07) is 8.43. The third-order valence-electron chi connectivity index (χ3n) is 3.20. The number of hydrogen-bond donors (Lipinski definition) is 0. The van der Waals surface area contributed by atoms with Crippen LogP contribution in [0.5, 0.6) is 0 Å². The van der Waals surface area contributed by atoms with Gasteiger partial charge in [-0.1, -0.05) is 68.2 Å².